The molecule has 0 spiro atoms. The van der Waals surface area contributed by atoms with Crippen molar-refractivity contribution in [2.75, 3.05) is 0 Å². The minimum absolute atomic E-state index is 0.251. The van der Waals surface area contributed by atoms with Crippen LogP contribution in [0, 0.1) is 0 Å². The smallest absolute Gasteiger partial charge is 0.220 e. The van der Waals surface area contributed by atoms with Gasteiger partial charge in [-0.25, -0.2) is 0 Å². The monoisotopic (exact) mass is 197 g/mol. The summed E-state index contributed by atoms with van der Waals surface area (Å²) in [6.07, 6.45) is 11.1. The molecule has 82 valence electrons. The highest BCUT2D eigenvalue weighted by molar-refractivity contribution is 5.78. The first-order chi connectivity index (χ1) is 6.83. The molecule has 1 heterocycles. The van der Waals surface area contributed by atoms with E-state index in [4.69, 9.17) is 0 Å². The highest BCUT2D eigenvalue weighted by Crippen LogP contribution is 2.14. The van der Waals surface area contributed by atoms with Gasteiger partial charge in [-0.1, -0.05) is 45.4 Å². The third-order valence-electron chi connectivity index (χ3n) is 2.99. The van der Waals surface area contributed by atoms with Gasteiger partial charge >= 0.3 is 0 Å². The number of hydrogen-bond acceptors (Lipinski definition) is 1. The Hall–Kier alpha value is -0.530. The summed E-state index contributed by atoms with van der Waals surface area (Å²) in [7, 11) is 0. The molecule has 14 heavy (non-hydrogen) atoms. The first-order valence-corrected chi connectivity index (χ1v) is 6.12. The zero-order chi connectivity index (χ0) is 10.2. The molecule has 1 atom stereocenters. The van der Waals surface area contributed by atoms with Gasteiger partial charge in [0.1, 0.15) is 0 Å². The zero-order valence-electron chi connectivity index (χ0n) is 9.35. The van der Waals surface area contributed by atoms with Crippen molar-refractivity contribution in [1.29, 1.82) is 0 Å². The van der Waals surface area contributed by atoms with Gasteiger partial charge in [-0.2, -0.15) is 0 Å². The average Bonchev–Trinajstić information content (AvgIpc) is 2.58. The summed E-state index contributed by atoms with van der Waals surface area (Å²) in [4.78, 5) is 10.9. The van der Waals surface area contributed by atoms with Crippen molar-refractivity contribution in [2.45, 2.75) is 70.8 Å². The molecule has 0 bridgehead atoms. The second-order valence-corrected chi connectivity index (χ2v) is 4.36. The lowest BCUT2D eigenvalue weighted by Gasteiger charge is -2.08. The summed E-state index contributed by atoms with van der Waals surface area (Å²) < 4.78 is 0. The molecular formula is C12H23NO. The van der Waals surface area contributed by atoms with Gasteiger partial charge in [0, 0.05) is 12.5 Å². The third-order valence-corrected chi connectivity index (χ3v) is 2.99. The Labute approximate surface area is 87.5 Å². The van der Waals surface area contributed by atoms with Crippen molar-refractivity contribution < 1.29 is 4.79 Å². The number of nitrogens with one attached hydrogen (secondary N) is 1. The van der Waals surface area contributed by atoms with Gasteiger partial charge in [-0.15, -0.1) is 0 Å². The number of carbonyl (C=O) groups is 1. The maximum absolute atomic E-state index is 10.9. The Kier molecular flexibility index (Phi) is 5.65. The standard InChI is InChI=1S/C12H23NO/c1-2-3-4-5-6-7-8-11-9-10-12(14)13-11/h11H,2-10H2,1H3,(H,13,14). The van der Waals surface area contributed by atoms with Crippen molar-refractivity contribution in [3.8, 4) is 0 Å². The van der Waals surface area contributed by atoms with E-state index in [1.807, 2.05) is 0 Å². The van der Waals surface area contributed by atoms with Gasteiger partial charge in [-0.3, -0.25) is 4.79 Å². The van der Waals surface area contributed by atoms with E-state index in [2.05, 4.69) is 12.2 Å². The van der Waals surface area contributed by atoms with Crippen molar-refractivity contribution in [2.24, 2.45) is 0 Å². The summed E-state index contributed by atoms with van der Waals surface area (Å²) in [5.41, 5.74) is 0. The summed E-state index contributed by atoms with van der Waals surface area (Å²) in [6.45, 7) is 2.24. The minimum Gasteiger partial charge on any atom is -0.353 e. The van der Waals surface area contributed by atoms with Crippen LogP contribution in [0.2, 0.25) is 0 Å². The van der Waals surface area contributed by atoms with Crippen LogP contribution in [-0.2, 0) is 4.79 Å². The number of hydrogen-bond donors (Lipinski definition) is 1. The molecule has 0 radical (unpaired) electrons. The molecule has 1 amide bonds. The van der Waals surface area contributed by atoms with Crippen LogP contribution in [0.3, 0.4) is 0 Å². The molecule has 1 saturated heterocycles. The lowest BCUT2D eigenvalue weighted by Crippen LogP contribution is -2.24. The number of carbonyl (C=O) groups excluding carboxylic acids is 1. The number of rotatable bonds is 7. The van der Waals surface area contributed by atoms with Crippen LogP contribution in [0.1, 0.15) is 64.7 Å². The molecule has 0 aromatic heterocycles. The Morgan fingerprint density at radius 3 is 2.57 bits per heavy atom. The summed E-state index contributed by atoms with van der Waals surface area (Å²) >= 11 is 0. The first-order valence-electron chi connectivity index (χ1n) is 6.12. The maximum atomic E-state index is 10.9. The molecule has 0 saturated carbocycles. The van der Waals surface area contributed by atoms with Crippen molar-refractivity contribution in [3.05, 3.63) is 0 Å². The van der Waals surface area contributed by atoms with Crippen LogP contribution in [0.25, 0.3) is 0 Å². The molecule has 1 aliphatic rings. The summed E-state index contributed by atoms with van der Waals surface area (Å²) in [5.74, 6) is 0.251. The molecule has 1 aliphatic heterocycles. The van der Waals surface area contributed by atoms with Crippen LogP contribution >= 0.6 is 0 Å². The van der Waals surface area contributed by atoms with Gasteiger partial charge < -0.3 is 5.32 Å². The molecule has 1 fully saturated rings. The molecule has 2 heteroatoms. The van der Waals surface area contributed by atoms with Crippen molar-refractivity contribution >= 4 is 5.91 Å². The van der Waals surface area contributed by atoms with E-state index in [9.17, 15) is 4.79 Å². The Morgan fingerprint density at radius 1 is 1.21 bits per heavy atom. The highest BCUT2D eigenvalue weighted by Gasteiger charge is 2.19. The van der Waals surface area contributed by atoms with E-state index < -0.39 is 0 Å². The van der Waals surface area contributed by atoms with E-state index in [-0.39, 0.29) is 5.91 Å². The van der Waals surface area contributed by atoms with Crippen LogP contribution in [0.5, 0.6) is 0 Å². The predicted octanol–water partition coefficient (Wildman–Crippen LogP) is 3.02. The van der Waals surface area contributed by atoms with E-state index in [1.54, 1.807) is 0 Å². The fraction of sp³-hybridized carbons (Fsp3) is 0.917. The Morgan fingerprint density at radius 2 is 1.93 bits per heavy atom. The molecule has 2 nitrogen and oxygen atoms in total. The Bertz CT molecular complexity index is 168. The van der Waals surface area contributed by atoms with Crippen molar-refractivity contribution in [1.82, 2.24) is 5.32 Å². The van der Waals surface area contributed by atoms with Crippen molar-refractivity contribution in [3.63, 3.8) is 0 Å². The largest absolute Gasteiger partial charge is 0.353 e. The van der Waals surface area contributed by atoms with Gasteiger partial charge in [0.2, 0.25) is 5.91 Å². The lowest BCUT2D eigenvalue weighted by atomic mass is 10.0. The number of amides is 1. The van der Waals surface area contributed by atoms with Crippen LogP contribution < -0.4 is 5.32 Å². The van der Waals surface area contributed by atoms with Crippen LogP contribution in [0.4, 0.5) is 0 Å². The second kappa shape index (κ2) is 6.86. The van der Waals surface area contributed by atoms with Gasteiger partial charge in [0.15, 0.2) is 0 Å². The van der Waals surface area contributed by atoms with Crippen LogP contribution in [-0.4, -0.2) is 11.9 Å². The summed E-state index contributed by atoms with van der Waals surface area (Å²) in [6, 6.07) is 0.494. The van der Waals surface area contributed by atoms with E-state index in [0.29, 0.717) is 6.04 Å². The summed E-state index contributed by atoms with van der Waals surface area (Å²) in [5, 5.41) is 3.02. The second-order valence-electron chi connectivity index (χ2n) is 4.36. The molecule has 0 aromatic carbocycles. The lowest BCUT2D eigenvalue weighted by molar-refractivity contribution is -0.119. The maximum Gasteiger partial charge on any atom is 0.220 e. The molecular weight excluding hydrogens is 174 g/mol. The Balaban J connectivity index is 1.86. The van der Waals surface area contributed by atoms with E-state index in [0.717, 1.165) is 12.8 Å². The zero-order valence-corrected chi connectivity index (χ0v) is 9.35. The molecule has 0 aliphatic carbocycles. The molecule has 0 aromatic rings. The topological polar surface area (TPSA) is 29.1 Å². The quantitative estimate of drug-likeness (QED) is 0.624. The fourth-order valence-electron chi connectivity index (χ4n) is 2.06. The van der Waals surface area contributed by atoms with E-state index >= 15 is 0 Å². The molecule has 1 N–H and O–H groups in total. The van der Waals surface area contributed by atoms with Gasteiger partial charge in [0.05, 0.1) is 0 Å². The first kappa shape index (κ1) is 11.5. The number of unbranched alkanes of at least 4 members (excludes halogenated alkanes) is 5. The highest BCUT2D eigenvalue weighted by atomic mass is 16.1. The average molecular weight is 197 g/mol. The van der Waals surface area contributed by atoms with E-state index in [1.165, 1.54) is 44.9 Å². The minimum atomic E-state index is 0.251. The molecule has 1 rings (SSSR count). The third kappa shape index (κ3) is 4.64. The molecule has 1 unspecified atom stereocenters. The normalized spacial score (nSPS) is 21.2. The van der Waals surface area contributed by atoms with Gasteiger partial charge in [0.25, 0.3) is 0 Å². The predicted molar refractivity (Wildman–Crippen MR) is 59.2 cm³/mol. The van der Waals surface area contributed by atoms with Crippen LogP contribution in [0.15, 0.2) is 0 Å². The van der Waals surface area contributed by atoms with Gasteiger partial charge in [-0.05, 0) is 12.8 Å². The SMILES string of the molecule is CCCCCCCCC1CCC(=O)N1. The fourth-order valence-corrected chi connectivity index (χ4v) is 2.06.